The summed E-state index contributed by atoms with van der Waals surface area (Å²) in [6.45, 7) is 6.59. The molecule has 116 valence electrons. The molecule has 0 aliphatic carbocycles. The zero-order valence-electron chi connectivity index (χ0n) is 12.3. The molecule has 1 aromatic carbocycles. The normalized spacial score (nSPS) is 23.1. The fourth-order valence-corrected chi connectivity index (χ4v) is 4.43. The molecule has 21 heavy (non-hydrogen) atoms. The van der Waals surface area contributed by atoms with Gasteiger partial charge >= 0.3 is 0 Å². The lowest BCUT2D eigenvalue weighted by atomic mass is 10.2. The van der Waals surface area contributed by atoms with Gasteiger partial charge in [0.2, 0.25) is 10.0 Å². The zero-order chi connectivity index (χ0) is 14.9. The first-order chi connectivity index (χ1) is 9.34. The van der Waals surface area contributed by atoms with Crippen LogP contribution in [0.15, 0.2) is 23.1 Å². The minimum Gasteiger partial charge on any atom is -0.309 e. The largest absolute Gasteiger partial charge is 0.309 e. The van der Waals surface area contributed by atoms with E-state index in [0.29, 0.717) is 24.2 Å². The first-order valence-electron chi connectivity index (χ1n) is 6.61. The molecule has 7 heteroatoms. The Kier molecular flexibility index (Phi) is 5.76. The first kappa shape index (κ1) is 17.9. The number of aryl methyl sites for hydroxylation is 1. The molecule has 0 radical (unpaired) electrons. The summed E-state index contributed by atoms with van der Waals surface area (Å²) in [7, 11) is -3.55. The highest BCUT2D eigenvalue weighted by atomic mass is 35.5. The van der Waals surface area contributed by atoms with E-state index in [1.165, 1.54) is 10.4 Å². The topological polar surface area (TPSA) is 73.2 Å². The van der Waals surface area contributed by atoms with Crippen molar-refractivity contribution in [3.8, 4) is 6.07 Å². The molecule has 0 saturated carbocycles. The Labute approximate surface area is 132 Å². The van der Waals surface area contributed by atoms with Crippen molar-refractivity contribution in [2.75, 3.05) is 13.1 Å². The third kappa shape index (κ3) is 3.74. The van der Waals surface area contributed by atoms with Crippen molar-refractivity contribution in [1.82, 2.24) is 9.62 Å². The summed E-state index contributed by atoms with van der Waals surface area (Å²) in [5.74, 6) is 0. The molecule has 0 bridgehead atoms. The Morgan fingerprint density at radius 1 is 1.29 bits per heavy atom. The number of hydrogen-bond acceptors (Lipinski definition) is 4. The molecule has 2 unspecified atom stereocenters. The van der Waals surface area contributed by atoms with Crippen molar-refractivity contribution in [2.45, 2.75) is 37.8 Å². The molecule has 1 fully saturated rings. The lowest BCUT2D eigenvalue weighted by Gasteiger charge is -2.35. The van der Waals surface area contributed by atoms with Crippen molar-refractivity contribution in [2.24, 2.45) is 0 Å². The summed E-state index contributed by atoms with van der Waals surface area (Å²) in [5.41, 5.74) is 1.04. The molecule has 1 heterocycles. The fraction of sp³-hybridized carbons (Fsp3) is 0.500. The van der Waals surface area contributed by atoms with E-state index in [9.17, 15) is 8.42 Å². The first-order valence-corrected chi connectivity index (χ1v) is 8.05. The monoisotopic (exact) mass is 329 g/mol. The number of rotatable bonds is 2. The molecule has 5 nitrogen and oxygen atoms in total. The van der Waals surface area contributed by atoms with Gasteiger partial charge in [-0.2, -0.15) is 9.57 Å². The Balaban J connectivity index is 0.00000220. The second-order valence-corrected chi connectivity index (χ2v) is 7.29. The summed E-state index contributed by atoms with van der Waals surface area (Å²) in [6.07, 6.45) is 0. The third-order valence-corrected chi connectivity index (χ3v) is 5.43. The van der Waals surface area contributed by atoms with E-state index in [4.69, 9.17) is 5.26 Å². The molecule has 0 aromatic heterocycles. The molecular weight excluding hydrogens is 310 g/mol. The van der Waals surface area contributed by atoms with Crippen LogP contribution in [0, 0.1) is 18.3 Å². The molecule has 1 saturated heterocycles. The van der Waals surface area contributed by atoms with Crippen LogP contribution < -0.4 is 5.32 Å². The lowest BCUT2D eigenvalue weighted by Crippen LogP contribution is -2.55. The molecule has 1 aromatic rings. The zero-order valence-corrected chi connectivity index (χ0v) is 14.0. The summed E-state index contributed by atoms with van der Waals surface area (Å²) < 4.78 is 27.0. The predicted molar refractivity (Wildman–Crippen MR) is 84.0 cm³/mol. The minimum absolute atomic E-state index is 0. The summed E-state index contributed by atoms with van der Waals surface area (Å²) >= 11 is 0. The van der Waals surface area contributed by atoms with E-state index < -0.39 is 10.0 Å². The van der Waals surface area contributed by atoms with Gasteiger partial charge in [-0.25, -0.2) is 8.42 Å². The number of nitrogens with zero attached hydrogens (tertiary/aromatic N) is 2. The average molecular weight is 330 g/mol. The number of nitrogens with one attached hydrogen (secondary N) is 1. The van der Waals surface area contributed by atoms with Crippen LogP contribution in [0.5, 0.6) is 0 Å². The van der Waals surface area contributed by atoms with Gasteiger partial charge in [0.05, 0.1) is 16.5 Å². The molecule has 2 atom stereocenters. The van der Waals surface area contributed by atoms with Gasteiger partial charge in [0.1, 0.15) is 0 Å². The van der Waals surface area contributed by atoms with Crippen LogP contribution in [0.2, 0.25) is 0 Å². The molecule has 0 amide bonds. The van der Waals surface area contributed by atoms with Gasteiger partial charge in [0.15, 0.2) is 0 Å². The van der Waals surface area contributed by atoms with E-state index in [1.807, 2.05) is 19.9 Å². The van der Waals surface area contributed by atoms with Gasteiger partial charge in [-0.3, -0.25) is 0 Å². The minimum atomic E-state index is -3.55. The van der Waals surface area contributed by atoms with E-state index in [1.54, 1.807) is 19.1 Å². The second kappa shape index (κ2) is 6.75. The van der Waals surface area contributed by atoms with Crippen LogP contribution in [0.3, 0.4) is 0 Å². The van der Waals surface area contributed by atoms with Gasteiger partial charge in [0.25, 0.3) is 0 Å². The molecule has 0 spiro atoms. The van der Waals surface area contributed by atoms with E-state index in [-0.39, 0.29) is 29.4 Å². The van der Waals surface area contributed by atoms with Gasteiger partial charge in [-0.1, -0.05) is 6.07 Å². The quantitative estimate of drug-likeness (QED) is 0.895. The van der Waals surface area contributed by atoms with Crippen LogP contribution in [-0.2, 0) is 10.0 Å². The SMILES string of the molecule is Cc1ccc(C#N)cc1S(=O)(=O)N1CC(C)NC(C)C1.Cl. The van der Waals surface area contributed by atoms with Crippen molar-refractivity contribution < 1.29 is 8.42 Å². The maximum Gasteiger partial charge on any atom is 0.243 e. The average Bonchev–Trinajstić information content (AvgIpc) is 2.38. The van der Waals surface area contributed by atoms with Crippen molar-refractivity contribution in [3.63, 3.8) is 0 Å². The second-order valence-electron chi connectivity index (χ2n) is 5.38. The fourth-order valence-electron chi connectivity index (χ4n) is 2.56. The number of hydrogen-bond donors (Lipinski definition) is 1. The Hall–Kier alpha value is -1.13. The Morgan fingerprint density at radius 2 is 1.86 bits per heavy atom. The molecule has 2 rings (SSSR count). The lowest BCUT2D eigenvalue weighted by molar-refractivity contribution is 0.263. The summed E-state index contributed by atoms with van der Waals surface area (Å²) in [4.78, 5) is 0.234. The molecule has 1 N–H and O–H groups in total. The van der Waals surface area contributed by atoms with Crippen LogP contribution in [0.4, 0.5) is 0 Å². The third-order valence-electron chi connectivity index (χ3n) is 3.46. The number of benzene rings is 1. The predicted octanol–water partition coefficient (Wildman–Crippen LogP) is 1.66. The molecule has 1 aliphatic rings. The number of nitriles is 1. The van der Waals surface area contributed by atoms with Crippen molar-refractivity contribution >= 4 is 22.4 Å². The smallest absolute Gasteiger partial charge is 0.243 e. The van der Waals surface area contributed by atoms with E-state index in [2.05, 4.69) is 5.32 Å². The van der Waals surface area contributed by atoms with E-state index >= 15 is 0 Å². The maximum atomic E-state index is 12.8. The number of piperazine rings is 1. The summed E-state index contributed by atoms with van der Waals surface area (Å²) in [5, 5.41) is 12.3. The maximum absolute atomic E-state index is 12.8. The standard InChI is InChI=1S/C14H19N3O2S.ClH/c1-10-4-5-13(7-15)6-14(10)20(18,19)17-8-11(2)16-12(3)9-17;/h4-6,11-12,16H,8-9H2,1-3H3;1H. The highest BCUT2D eigenvalue weighted by molar-refractivity contribution is 7.89. The Morgan fingerprint density at radius 3 is 2.38 bits per heavy atom. The highest BCUT2D eigenvalue weighted by Gasteiger charge is 2.32. The van der Waals surface area contributed by atoms with Crippen LogP contribution in [-0.4, -0.2) is 37.9 Å². The highest BCUT2D eigenvalue weighted by Crippen LogP contribution is 2.23. The number of halogens is 1. The van der Waals surface area contributed by atoms with Gasteiger partial charge in [-0.05, 0) is 38.5 Å². The van der Waals surface area contributed by atoms with Gasteiger partial charge in [-0.15, -0.1) is 12.4 Å². The summed E-state index contributed by atoms with van der Waals surface area (Å²) in [6, 6.07) is 7.01. The van der Waals surface area contributed by atoms with Gasteiger partial charge in [0, 0.05) is 25.2 Å². The van der Waals surface area contributed by atoms with Gasteiger partial charge < -0.3 is 5.32 Å². The molecule has 1 aliphatic heterocycles. The van der Waals surface area contributed by atoms with Crippen molar-refractivity contribution in [1.29, 1.82) is 5.26 Å². The van der Waals surface area contributed by atoms with E-state index in [0.717, 1.165) is 0 Å². The molecular formula is C14H20ClN3O2S. The number of sulfonamides is 1. The van der Waals surface area contributed by atoms with Crippen molar-refractivity contribution in [3.05, 3.63) is 29.3 Å². The Bertz CT molecular complexity index is 645. The van der Waals surface area contributed by atoms with Crippen LogP contribution in [0.25, 0.3) is 0 Å². The van der Waals surface area contributed by atoms with Crippen LogP contribution in [0.1, 0.15) is 25.0 Å². The van der Waals surface area contributed by atoms with Crippen LogP contribution >= 0.6 is 12.4 Å².